The molecule has 2 aromatic heterocycles. The Labute approximate surface area is 145 Å². The standard InChI is InChI=1S/C16H14F3N3O2S/c1-3-24-10-6-4-9(5-7-10)20-14(23)12-8-11-13(16(17,18)19)21-22(2)15(11)25-12/h4-8H,3H2,1-2H3,(H,20,23). The Balaban J connectivity index is 1.85. The molecule has 5 nitrogen and oxygen atoms in total. The highest BCUT2D eigenvalue weighted by atomic mass is 32.1. The molecule has 0 saturated carbocycles. The van der Waals surface area contributed by atoms with Gasteiger partial charge in [-0.25, -0.2) is 0 Å². The van der Waals surface area contributed by atoms with Gasteiger partial charge in [-0.05, 0) is 37.3 Å². The van der Waals surface area contributed by atoms with E-state index in [4.69, 9.17) is 4.74 Å². The lowest BCUT2D eigenvalue weighted by Crippen LogP contribution is -2.10. The number of fused-ring (bicyclic) bond motifs is 1. The highest BCUT2D eigenvalue weighted by molar-refractivity contribution is 7.20. The van der Waals surface area contributed by atoms with E-state index in [1.165, 1.54) is 13.1 Å². The molecule has 0 saturated heterocycles. The van der Waals surface area contributed by atoms with Crippen molar-refractivity contribution in [3.8, 4) is 5.75 Å². The summed E-state index contributed by atoms with van der Waals surface area (Å²) in [6.07, 6.45) is -4.57. The average molecular weight is 369 g/mol. The Kier molecular flexibility index (Phi) is 4.42. The number of halogens is 3. The first-order valence-corrected chi connectivity index (χ1v) is 8.19. The van der Waals surface area contributed by atoms with Gasteiger partial charge in [0.1, 0.15) is 10.6 Å². The van der Waals surface area contributed by atoms with Crippen LogP contribution >= 0.6 is 11.3 Å². The number of rotatable bonds is 4. The molecule has 0 spiro atoms. The number of aromatic nitrogens is 2. The molecule has 1 N–H and O–H groups in total. The first-order chi connectivity index (χ1) is 11.8. The van der Waals surface area contributed by atoms with Crippen molar-refractivity contribution in [1.82, 2.24) is 9.78 Å². The number of amides is 1. The molecule has 0 unspecified atom stereocenters. The van der Waals surface area contributed by atoms with Gasteiger partial charge in [0.15, 0.2) is 5.69 Å². The van der Waals surface area contributed by atoms with E-state index in [0.29, 0.717) is 22.9 Å². The Bertz CT molecular complexity index is 913. The second-order valence-corrected chi connectivity index (χ2v) is 6.24. The highest BCUT2D eigenvalue weighted by Crippen LogP contribution is 2.37. The van der Waals surface area contributed by atoms with Gasteiger partial charge in [-0.3, -0.25) is 9.48 Å². The average Bonchev–Trinajstić information content (AvgIpc) is 3.10. The van der Waals surface area contributed by atoms with Crippen LogP contribution in [0, 0.1) is 0 Å². The molecule has 0 radical (unpaired) electrons. The number of anilines is 1. The monoisotopic (exact) mass is 369 g/mol. The topological polar surface area (TPSA) is 56.1 Å². The third-order valence-corrected chi connectivity index (χ3v) is 4.63. The Morgan fingerprint density at radius 2 is 2.00 bits per heavy atom. The molecule has 3 aromatic rings. The summed E-state index contributed by atoms with van der Waals surface area (Å²) in [7, 11) is 1.42. The number of benzene rings is 1. The van der Waals surface area contributed by atoms with Crippen LogP contribution in [0.5, 0.6) is 5.75 Å². The van der Waals surface area contributed by atoms with Gasteiger partial charge in [-0.2, -0.15) is 18.3 Å². The van der Waals surface area contributed by atoms with Crippen LogP contribution in [0.4, 0.5) is 18.9 Å². The number of alkyl halides is 3. The minimum atomic E-state index is -4.57. The summed E-state index contributed by atoms with van der Waals surface area (Å²) in [5, 5.41) is 6.08. The van der Waals surface area contributed by atoms with Crippen molar-refractivity contribution in [2.45, 2.75) is 13.1 Å². The van der Waals surface area contributed by atoms with Crippen LogP contribution in [0.15, 0.2) is 30.3 Å². The van der Waals surface area contributed by atoms with Crippen LogP contribution in [0.25, 0.3) is 10.2 Å². The fourth-order valence-corrected chi connectivity index (χ4v) is 3.32. The van der Waals surface area contributed by atoms with Crippen molar-refractivity contribution < 1.29 is 22.7 Å². The van der Waals surface area contributed by atoms with Crippen molar-refractivity contribution in [3.05, 3.63) is 40.9 Å². The predicted octanol–water partition coefficient (Wildman–Crippen LogP) is 4.30. The number of thiophene rings is 1. The van der Waals surface area contributed by atoms with Crippen molar-refractivity contribution in [2.24, 2.45) is 7.05 Å². The smallest absolute Gasteiger partial charge is 0.435 e. The minimum absolute atomic E-state index is 0.0724. The molecule has 0 fully saturated rings. The first-order valence-electron chi connectivity index (χ1n) is 7.37. The number of carbonyl (C=O) groups excluding carboxylic acids is 1. The zero-order valence-electron chi connectivity index (χ0n) is 13.3. The summed E-state index contributed by atoms with van der Waals surface area (Å²) in [5.74, 6) is 0.196. The molecular weight excluding hydrogens is 355 g/mol. The molecule has 1 amide bonds. The number of nitrogens with one attached hydrogen (secondary N) is 1. The Morgan fingerprint density at radius 1 is 1.32 bits per heavy atom. The second kappa shape index (κ2) is 6.40. The number of hydrogen-bond donors (Lipinski definition) is 1. The fraction of sp³-hybridized carbons (Fsp3) is 0.250. The highest BCUT2D eigenvalue weighted by Gasteiger charge is 2.37. The van der Waals surface area contributed by atoms with E-state index in [1.54, 1.807) is 24.3 Å². The van der Waals surface area contributed by atoms with Crippen LogP contribution in [0.2, 0.25) is 0 Å². The molecule has 0 atom stereocenters. The third-order valence-electron chi connectivity index (χ3n) is 3.43. The Hall–Kier alpha value is -2.55. The van der Waals surface area contributed by atoms with Gasteiger partial charge in [0.25, 0.3) is 5.91 Å². The molecule has 0 bridgehead atoms. The van der Waals surface area contributed by atoms with Crippen LogP contribution in [0.3, 0.4) is 0 Å². The minimum Gasteiger partial charge on any atom is -0.494 e. The first kappa shape index (κ1) is 17.3. The van der Waals surface area contributed by atoms with Crippen LogP contribution in [-0.4, -0.2) is 22.3 Å². The maximum Gasteiger partial charge on any atom is 0.435 e. The van der Waals surface area contributed by atoms with E-state index in [2.05, 4.69) is 10.4 Å². The lowest BCUT2D eigenvalue weighted by atomic mass is 10.2. The molecule has 0 aliphatic heterocycles. The zero-order chi connectivity index (χ0) is 18.2. The largest absolute Gasteiger partial charge is 0.494 e. The molecular formula is C16H14F3N3O2S. The van der Waals surface area contributed by atoms with E-state index in [1.807, 2.05) is 6.92 Å². The summed E-state index contributed by atoms with van der Waals surface area (Å²) in [5.41, 5.74) is -0.457. The summed E-state index contributed by atoms with van der Waals surface area (Å²) in [6, 6.07) is 7.96. The van der Waals surface area contributed by atoms with Gasteiger partial charge in [0, 0.05) is 18.1 Å². The number of hydrogen-bond acceptors (Lipinski definition) is 4. The summed E-state index contributed by atoms with van der Waals surface area (Å²) in [6.45, 7) is 2.39. The zero-order valence-corrected chi connectivity index (χ0v) is 14.2. The van der Waals surface area contributed by atoms with Crippen LogP contribution < -0.4 is 10.1 Å². The fourth-order valence-electron chi connectivity index (χ4n) is 2.36. The maximum atomic E-state index is 13.0. The molecule has 0 aliphatic carbocycles. The molecule has 132 valence electrons. The van der Waals surface area contributed by atoms with Crippen molar-refractivity contribution in [1.29, 1.82) is 0 Å². The lowest BCUT2D eigenvalue weighted by molar-refractivity contribution is -0.140. The number of aryl methyl sites for hydroxylation is 1. The maximum absolute atomic E-state index is 13.0. The van der Waals surface area contributed by atoms with Crippen molar-refractivity contribution in [3.63, 3.8) is 0 Å². The number of ether oxygens (including phenoxy) is 1. The van der Waals surface area contributed by atoms with Gasteiger partial charge < -0.3 is 10.1 Å². The lowest BCUT2D eigenvalue weighted by Gasteiger charge is -2.06. The number of nitrogens with zero attached hydrogens (tertiary/aromatic N) is 2. The SMILES string of the molecule is CCOc1ccc(NC(=O)c2cc3c(C(F)(F)F)nn(C)c3s2)cc1. The molecule has 9 heteroatoms. The molecule has 1 aromatic carbocycles. The summed E-state index contributed by atoms with van der Waals surface area (Å²) >= 11 is 0.963. The van der Waals surface area contributed by atoms with Gasteiger partial charge in [-0.1, -0.05) is 0 Å². The summed E-state index contributed by atoms with van der Waals surface area (Å²) < 4.78 is 45.5. The van der Waals surface area contributed by atoms with E-state index in [-0.39, 0.29) is 10.3 Å². The van der Waals surface area contributed by atoms with Crippen LogP contribution in [-0.2, 0) is 13.2 Å². The molecule has 0 aliphatic rings. The normalized spacial score (nSPS) is 11.7. The van der Waals surface area contributed by atoms with E-state index < -0.39 is 17.8 Å². The second-order valence-electron chi connectivity index (χ2n) is 5.21. The number of carbonyl (C=O) groups is 1. The van der Waals surface area contributed by atoms with E-state index >= 15 is 0 Å². The predicted molar refractivity (Wildman–Crippen MR) is 89.2 cm³/mol. The molecule has 3 rings (SSSR count). The molecule has 2 heterocycles. The van der Waals surface area contributed by atoms with Gasteiger partial charge in [-0.15, -0.1) is 11.3 Å². The Morgan fingerprint density at radius 3 is 2.60 bits per heavy atom. The van der Waals surface area contributed by atoms with E-state index in [0.717, 1.165) is 16.0 Å². The van der Waals surface area contributed by atoms with Gasteiger partial charge in [0.2, 0.25) is 0 Å². The van der Waals surface area contributed by atoms with E-state index in [9.17, 15) is 18.0 Å². The summed E-state index contributed by atoms with van der Waals surface area (Å²) in [4.78, 5) is 12.8. The third kappa shape index (κ3) is 3.46. The quantitative estimate of drug-likeness (QED) is 0.746. The van der Waals surface area contributed by atoms with Gasteiger partial charge in [0.05, 0.1) is 11.5 Å². The van der Waals surface area contributed by atoms with Crippen molar-refractivity contribution >= 4 is 33.1 Å². The van der Waals surface area contributed by atoms with Crippen molar-refractivity contribution in [2.75, 3.05) is 11.9 Å². The van der Waals surface area contributed by atoms with Gasteiger partial charge >= 0.3 is 6.18 Å². The van der Waals surface area contributed by atoms with Crippen LogP contribution in [0.1, 0.15) is 22.3 Å². The molecule has 25 heavy (non-hydrogen) atoms.